The van der Waals surface area contributed by atoms with E-state index in [9.17, 15) is 0 Å². The van der Waals surface area contributed by atoms with Gasteiger partial charge < -0.3 is 4.90 Å². The van der Waals surface area contributed by atoms with Crippen LogP contribution < -0.4 is 4.90 Å². The van der Waals surface area contributed by atoms with Crippen LogP contribution in [0.1, 0.15) is 0 Å². The highest BCUT2D eigenvalue weighted by Crippen LogP contribution is 2.43. The molecule has 0 bridgehead atoms. The van der Waals surface area contributed by atoms with E-state index in [1.165, 1.54) is 58.9 Å². The highest BCUT2D eigenvalue weighted by atomic mass is 32.1. The predicted molar refractivity (Wildman–Crippen MR) is 182 cm³/mol. The molecule has 8 rings (SSSR count). The smallest absolute Gasteiger partial charge is 0.0540 e. The minimum absolute atomic E-state index is 1.13. The van der Waals surface area contributed by atoms with Crippen molar-refractivity contribution in [2.45, 2.75) is 0 Å². The largest absolute Gasteiger partial charge is 0.310 e. The van der Waals surface area contributed by atoms with Crippen molar-refractivity contribution in [1.29, 1.82) is 0 Å². The lowest BCUT2D eigenvalue weighted by Gasteiger charge is -2.27. The van der Waals surface area contributed by atoms with E-state index < -0.39 is 0 Å². The number of benzene rings is 7. The van der Waals surface area contributed by atoms with Crippen molar-refractivity contribution in [3.05, 3.63) is 164 Å². The van der Waals surface area contributed by atoms with Crippen molar-refractivity contribution in [3.63, 3.8) is 0 Å². The molecule has 0 fully saturated rings. The summed E-state index contributed by atoms with van der Waals surface area (Å²) in [6.07, 6.45) is 0. The molecule has 0 N–H and O–H groups in total. The van der Waals surface area contributed by atoms with Crippen LogP contribution in [-0.4, -0.2) is 0 Å². The Hall–Kier alpha value is -5.18. The molecule has 0 aliphatic rings. The van der Waals surface area contributed by atoms with Gasteiger partial charge in [0.1, 0.15) is 0 Å². The summed E-state index contributed by atoms with van der Waals surface area (Å²) >= 11 is 1.87. The third kappa shape index (κ3) is 4.34. The second-order valence-electron chi connectivity index (χ2n) is 10.6. The van der Waals surface area contributed by atoms with Gasteiger partial charge in [-0.3, -0.25) is 0 Å². The molecule has 0 spiro atoms. The standard InChI is InChI=1S/C40H27NS/c1-3-10-28(11-4-1)29-18-20-30(21-19-29)31-22-24-34(25-23-31)41(33-13-5-2-6-14-33)38-16-9-12-32-26-40-37(27-36(32)38)35-15-7-8-17-39(35)42-40/h1-27H. The van der Waals surface area contributed by atoms with Gasteiger partial charge in [0.2, 0.25) is 0 Å². The van der Waals surface area contributed by atoms with Crippen LogP contribution in [-0.2, 0) is 0 Å². The summed E-state index contributed by atoms with van der Waals surface area (Å²) in [6, 6.07) is 59.1. The zero-order valence-electron chi connectivity index (χ0n) is 22.9. The van der Waals surface area contributed by atoms with Crippen LogP contribution in [0.3, 0.4) is 0 Å². The summed E-state index contributed by atoms with van der Waals surface area (Å²) in [5, 5.41) is 5.14. The lowest BCUT2D eigenvalue weighted by atomic mass is 10.00. The summed E-state index contributed by atoms with van der Waals surface area (Å²) in [5.41, 5.74) is 8.33. The van der Waals surface area contributed by atoms with Crippen LogP contribution in [0.4, 0.5) is 17.1 Å². The Morgan fingerprint density at radius 1 is 0.357 bits per heavy atom. The number of hydrogen-bond acceptors (Lipinski definition) is 2. The third-order valence-electron chi connectivity index (χ3n) is 8.06. The van der Waals surface area contributed by atoms with Gasteiger partial charge in [0, 0.05) is 36.9 Å². The van der Waals surface area contributed by atoms with Gasteiger partial charge in [-0.25, -0.2) is 0 Å². The van der Waals surface area contributed by atoms with Gasteiger partial charge in [0.25, 0.3) is 0 Å². The number of fused-ring (bicyclic) bond motifs is 4. The van der Waals surface area contributed by atoms with Crippen molar-refractivity contribution in [2.75, 3.05) is 4.90 Å². The lowest BCUT2D eigenvalue weighted by molar-refractivity contribution is 1.30. The molecule has 0 unspecified atom stereocenters. The Morgan fingerprint density at radius 2 is 0.929 bits per heavy atom. The highest BCUT2D eigenvalue weighted by molar-refractivity contribution is 7.25. The fourth-order valence-electron chi connectivity index (χ4n) is 5.97. The summed E-state index contributed by atoms with van der Waals surface area (Å²) in [6.45, 7) is 0. The van der Waals surface area contributed by atoms with Gasteiger partial charge in [-0.05, 0) is 76.2 Å². The maximum Gasteiger partial charge on any atom is 0.0540 e. The van der Waals surface area contributed by atoms with Crippen LogP contribution in [0.2, 0.25) is 0 Å². The molecule has 0 aliphatic heterocycles. The molecular weight excluding hydrogens is 527 g/mol. The van der Waals surface area contributed by atoms with E-state index in [4.69, 9.17) is 0 Å². The molecule has 42 heavy (non-hydrogen) atoms. The quantitative estimate of drug-likeness (QED) is 0.205. The average Bonchev–Trinajstić information content (AvgIpc) is 3.43. The van der Waals surface area contributed by atoms with Crippen molar-refractivity contribution in [3.8, 4) is 22.3 Å². The molecule has 2 heteroatoms. The Labute approximate surface area is 249 Å². The monoisotopic (exact) mass is 553 g/mol. The van der Waals surface area contributed by atoms with E-state index in [1.807, 2.05) is 11.3 Å². The van der Waals surface area contributed by atoms with E-state index in [-0.39, 0.29) is 0 Å². The molecular formula is C40H27NS. The van der Waals surface area contributed by atoms with Gasteiger partial charge in [-0.2, -0.15) is 0 Å². The predicted octanol–water partition coefficient (Wildman–Crippen LogP) is 12.0. The molecule has 0 saturated carbocycles. The van der Waals surface area contributed by atoms with Gasteiger partial charge in [-0.15, -0.1) is 11.3 Å². The molecule has 7 aromatic carbocycles. The Bertz CT molecular complexity index is 2160. The normalized spacial score (nSPS) is 11.3. The van der Waals surface area contributed by atoms with E-state index >= 15 is 0 Å². The number of rotatable bonds is 5. The zero-order chi connectivity index (χ0) is 27.9. The summed E-state index contributed by atoms with van der Waals surface area (Å²) < 4.78 is 2.66. The van der Waals surface area contributed by atoms with Crippen LogP contribution in [0.5, 0.6) is 0 Å². The van der Waals surface area contributed by atoms with E-state index in [1.54, 1.807) is 0 Å². The molecule has 0 aliphatic carbocycles. The Morgan fingerprint density at radius 3 is 1.64 bits per heavy atom. The fraction of sp³-hybridized carbons (Fsp3) is 0. The second-order valence-corrected chi connectivity index (χ2v) is 11.7. The molecule has 1 aromatic heterocycles. The van der Waals surface area contributed by atoms with Crippen LogP contribution in [0, 0.1) is 0 Å². The van der Waals surface area contributed by atoms with Crippen molar-refractivity contribution in [1.82, 2.24) is 0 Å². The molecule has 0 saturated heterocycles. The van der Waals surface area contributed by atoms with Crippen molar-refractivity contribution >= 4 is 59.3 Å². The SMILES string of the molecule is c1ccc(-c2ccc(-c3ccc(N(c4ccccc4)c4cccc5cc6sc7ccccc7c6cc45)cc3)cc2)cc1. The summed E-state index contributed by atoms with van der Waals surface area (Å²) in [4.78, 5) is 2.38. The topological polar surface area (TPSA) is 3.24 Å². The Kier molecular flexibility index (Phi) is 6.05. The number of nitrogens with zero attached hydrogens (tertiary/aromatic N) is 1. The van der Waals surface area contributed by atoms with Crippen molar-refractivity contribution in [2.24, 2.45) is 0 Å². The molecule has 0 amide bonds. The molecule has 1 nitrogen and oxygen atoms in total. The van der Waals surface area contributed by atoms with E-state index in [0.29, 0.717) is 0 Å². The first kappa shape index (κ1) is 24.6. The fourth-order valence-corrected chi connectivity index (χ4v) is 7.10. The molecule has 8 aromatic rings. The molecule has 0 radical (unpaired) electrons. The average molecular weight is 554 g/mol. The summed E-state index contributed by atoms with van der Waals surface area (Å²) in [7, 11) is 0. The van der Waals surface area contributed by atoms with E-state index in [0.717, 1.165) is 11.4 Å². The first-order valence-electron chi connectivity index (χ1n) is 14.3. The number of anilines is 3. The van der Waals surface area contributed by atoms with Gasteiger partial charge in [0.05, 0.1) is 5.69 Å². The first-order chi connectivity index (χ1) is 20.8. The third-order valence-corrected chi connectivity index (χ3v) is 9.19. The molecule has 198 valence electrons. The maximum atomic E-state index is 2.39. The van der Waals surface area contributed by atoms with Crippen LogP contribution in [0.15, 0.2) is 164 Å². The zero-order valence-corrected chi connectivity index (χ0v) is 23.8. The molecule has 0 atom stereocenters. The van der Waals surface area contributed by atoms with Crippen molar-refractivity contribution < 1.29 is 0 Å². The Balaban J connectivity index is 1.23. The number of thiophene rings is 1. The summed E-state index contributed by atoms with van der Waals surface area (Å²) in [5.74, 6) is 0. The number of hydrogen-bond donors (Lipinski definition) is 0. The van der Waals surface area contributed by atoms with Gasteiger partial charge in [0.15, 0.2) is 0 Å². The van der Waals surface area contributed by atoms with E-state index in [2.05, 4.69) is 169 Å². The highest BCUT2D eigenvalue weighted by Gasteiger charge is 2.17. The number of para-hydroxylation sites is 1. The van der Waals surface area contributed by atoms with Gasteiger partial charge >= 0.3 is 0 Å². The van der Waals surface area contributed by atoms with Gasteiger partial charge in [-0.1, -0.05) is 115 Å². The first-order valence-corrected chi connectivity index (χ1v) is 15.1. The second kappa shape index (κ2) is 10.3. The maximum absolute atomic E-state index is 2.39. The lowest BCUT2D eigenvalue weighted by Crippen LogP contribution is -2.10. The molecule has 1 heterocycles. The minimum Gasteiger partial charge on any atom is -0.310 e. The van der Waals surface area contributed by atoms with Crippen LogP contribution >= 0.6 is 11.3 Å². The van der Waals surface area contributed by atoms with Crippen LogP contribution in [0.25, 0.3) is 53.2 Å². The minimum atomic E-state index is 1.13.